The lowest BCUT2D eigenvalue weighted by molar-refractivity contribution is 0.148. The van der Waals surface area contributed by atoms with Gasteiger partial charge in [-0.3, -0.25) is 4.90 Å². The van der Waals surface area contributed by atoms with Crippen molar-refractivity contribution in [3.8, 4) is 0 Å². The zero-order valence-electron chi connectivity index (χ0n) is 13.8. The number of aromatic nitrogens is 2. The van der Waals surface area contributed by atoms with Crippen LogP contribution in [0.2, 0.25) is 0 Å². The van der Waals surface area contributed by atoms with E-state index < -0.39 is 0 Å². The van der Waals surface area contributed by atoms with Crippen molar-refractivity contribution >= 4 is 12.2 Å². The molecule has 0 bridgehead atoms. The van der Waals surface area contributed by atoms with E-state index in [-0.39, 0.29) is 0 Å². The number of nitrogens with two attached hydrogens (primary N) is 1. The second-order valence-corrected chi connectivity index (χ2v) is 6.11. The zero-order chi connectivity index (χ0) is 16.2. The fraction of sp³-hybridized carbons (Fsp3) is 0.412. The van der Waals surface area contributed by atoms with Crippen molar-refractivity contribution in [2.75, 3.05) is 39.0 Å². The third-order valence-corrected chi connectivity index (χ3v) is 4.20. The first-order valence-corrected chi connectivity index (χ1v) is 7.96. The summed E-state index contributed by atoms with van der Waals surface area (Å²) in [5.41, 5.74) is 9.11. The number of hydrogen-bond acceptors (Lipinski definition) is 5. The van der Waals surface area contributed by atoms with Crippen molar-refractivity contribution in [2.24, 2.45) is 5.10 Å². The van der Waals surface area contributed by atoms with Gasteiger partial charge in [-0.05, 0) is 25.1 Å². The topological polar surface area (TPSA) is 62.7 Å². The highest BCUT2D eigenvalue weighted by Gasteiger charge is 2.14. The number of anilines is 1. The third-order valence-electron chi connectivity index (χ3n) is 4.20. The van der Waals surface area contributed by atoms with Gasteiger partial charge in [0.05, 0.1) is 18.1 Å². The number of hydrogen-bond donors (Lipinski definition) is 1. The highest BCUT2D eigenvalue weighted by Crippen LogP contribution is 2.12. The first-order valence-electron chi connectivity index (χ1n) is 7.96. The molecule has 1 aromatic heterocycles. The number of nitrogen functional groups attached to an aromatic ring is 1. The molecule has 6 heteroatoms. The molecule has 0 amide bonds. The fourth-order valence-electron chi connectivity index (χ4n) is 2.77. The lowest BCUT2D eigenvalue weighted by Crippen LogP contribution is -2.44. The highest BCUT2D eigenvalue weighted by molar-refractivity contribution is 5.81. The Hall–Kier alpha value is -2.18. The molecule has 0 atom stereocenters. The van der Waals surface area contributed by atoms with Gasteiger partial charge in [0.15, 0.2) is 0 Å². The van der Waals surface area contributed by atoms with Crippen molar-refractivity contribution in [2.45, 2.75) is 13.5 Å². The minimum Gasteiger partial charge on any atom is -0.368 e. The lowest BCUT2D eigenvalue weighted by Gasteiger charge is -2.32. The molecule has 0 spiro atoms. The maximum atomic E-state index is 5.83. The summed E-state index contributed by atoms with van der Waals surface area (Å²) in [7, 11) is 2.18. The molecule has 1 aliphatic rings. The normalized spacial score (nSPS) is 17.1. The van der Waals surface area contributed by atoms with Crippen LogP contribution in [0.4, 0.5) is 5.95 Å². The minimum atomic E-state index is 0.412. The van der Waals surface area contributed by atoms with Crippen LogP contribution in [0.3, 0.4) is 0 Å². The molecule has 1 fully saturated rings. The maximum absolute atomic E-state index is 5.83. The van der Waals surface area contributed by atoms with Gasteiger partial charge in [-0.2, -0.15) is 5.10 Å². The number of imidazole rings is 1. The molecule has 1 saturated heterocycles. The number of benzene rings is 1. The van der Waals surface area contributed by atoms with Gasteiger partial charge in [0.2, 0.25) is 5.95 Å². The summed E-state index contributed by atoms with van der Waals surface area (Å²) >= 11 is 0. The summed E-state index contributed by atoms with van der Waals surface area (Å²) < 4.78 is 1.61. The van der Waals surface area contributed by atoms with Gasteiger partial charge in [-0.25, -0.2) is 9.66 Å². The molecule has 2 aromatic rings. The molecule has 1 aliphatic heterocycles. The SMILES string of the molecule is Cc1cn(N=Cc2ccccc2CN2CCN(C)CC2)c(N)n1. The van der Waals surface area contributed by atoms with Crippen molar-refractivity contribution in [3.05, 3.63) is 47.3 Å². The Morgan fingerprint density at radius 2 is 1.96 bits per heavy atom. The Morgan fingerprint density at radius 1 is 1.22 bits per heavy atom. The van der Waals surface area contributed by atoms with Crippen molar-refractivity contribution in [3.63, 3.8) is 0 Å². The third kappa shape index (κ3) is 3.97. The zero-order valence-corrected chi connectivity index (χ0v) is 13.8. The molecule has 2 N–H and O–H groups in total. The largest absolute Gasteiger partial charge is 0.368 e. The Kier molecular flexibility index (Phi) is 4.73. The molecule has 0 unspecified atom stereocenters. The molecule has 0 aliphatic carbocycles. The molecule has 23 heavy (non-hydrogen) atoms. The number of rotatable bonds is 4. The smallest absolute Gasteiger partial charge is 0.221 e. The van der Waals surface area contributed by atoms with Gasteiger partial charge >= 0.3 is 0 Å². The van der Waals surface area contributed by atoms with E-state index in [2.05, 4.69) is 45.1 Å². The summed E-state index contributed by atoms with van der Waals surface area (Å²) in [6, 6.07) is 8.38. The van der Waals surface area contributed by atoms with Gasteiger partial charge in [-0.15, -0.1) is 0 Å². The van der Waals surface area contributed by atoms with Gasteiger partial charge in [0.1, 0.15) is 0 Å². The van der Waals surface area contributed by atoms with Gasteiger partial charge in [-0.1, -0.05) is 24.3 Å². The van der Waals surface area contributed by atoms with E-state index in [1.807, 2.05) is 25.4 Å². The molecule has 122 valence electrons. The van der Waals surface area contributed by atoms with Crippen LogP contribution < -0.4 is 5.73 Å². The Balaban J connectivity index is 1.74. The molecule has 1 aromatic carbocycles. The van der Waals surface area contributed by atoms with Crippen molar-refractivity contribution in [1.29, 1.82) is 0 Å². The van der Waals surface area contributed by atoms with E-state index in [1.54, 1.807) is 4.68 Å². The van der Waals surface area contributed by atoms with E-state index in [0.717, 1.165) is 44.0 Å². The summed E-state index contributed by atoms with van der Waals surface area (Å²) in [4.78, 5) is 9.02. The monoisotopic (exact) mass is 312 g/mol. The molecule has 2 heterocycles. The average molecular weight is 312 g/mol. The quantitative estimate of drug-likeness (QED) is 0.867. The Bertz CT molecular complexity index is 682. The van der Waals surface area contributed by atoms with Crippen LogP contribution in [0.1, 0.15) is 16.8 Å². The Labute approximate surface area is 137 Å². The van der Waals surface area contributed by atoms with E-state index >= 15 is 0 Å². The maximum Gasteiger partial charge on any atom is 0.221 e. The van der Waals surface area contributed by atoms with E-state index in [0.29, 0.717) is 5.95 Å². The number of piperazine rings is 1. The van der Waals surface area contributed by atoms with E-state index in [1.165, 1.54) is 5.56 Å². The van der Waals surface area contributed by atoms with Crippen LogP contribution in [-0.4, -0.2) is 58.9 Å². The fourth-order valence-corrected chi connectivity index (χ4v) is 2.77. The second kappa shape index (κ2) is 6.93. The molecule has 6 nitrogen and oxygen atoms in total. The molecule has 0 saturated carbocycles. The molecular weight excluding hydrogens is 288 g/mol. The summed E-state index contributed by atoms with van der Waals surface area (Å²) in [6.45, 7) is 7.33. The predicted molar refractivity (Wildman–Crippen MR) is 93.6 cm³/mol. The average Bonchev–Trinajstić information content (AvgIpc) is 2.86. The first-order chi connectivity index (χ1) is 11.1. The Morgan fingerprint density at radius 3 is 2.65 bits per heavy atom. The molecular formula is C17H24N6. The van der Waals surface area contributed by atoms with E-state index in [4.69, 9.17) is 5.73 Å². The second-order valence-electron chi connectivity index (χ2n) is 6.11. The minimum absolute atomic E-state index is 0.412. The number of likely N-dealkylation sites (N-methyl/N-ethyl adjacent to an activating group) is 1. The lowest BCUT2D eigenvalue weighted by atomic mass is 10.1. The first kappa shape index (κ1) is 15.7. The van der Waals surface area contributed by atoms with Crippen LogP contribution in [-0.2, 0) is 6.54 Å². The van der Waals surface area contributed by atoms with Crippen LogP contribution in [0.25, 0.3) is 0 Å². The standard InChI is InChI=1S/C17H24N6/c1-14-12-23(17(18)20-14)19-11-15-5-3-4-6-16(15)13-22-9-7-21(2)8-10-22/h3-6,11-12H,7-10,13H2,1-2H3,(H2,18,20). The summed E-state index contributed by atoms with van der Waals surface area (Å²) in [6.07, 6.45) is 3.69. The van der Waals surface area contributed by atoms with Crippen LogP contribution >= 0.6 is 0 Å². The van der Waals surface area contributed by atoms with Crippen molar-refractivity contribution in [1.82, 2.24) is 19.5 Å². The number of aryl methyl sites for hydroxylation is 1. The predicted octanol–water partition coefficient (Wildman–Crippen LogP) is 1.40. The van der Waals surface area contributed by atoms with Gasteiger partial charge in [0, 0.05) is 32.7 Å². The van der Waals surface area contributed by atoms with Gasteiger partial charge in [0.25, 0.3) is 0 Å². The van der Waals surface area contributed by atoms with Crippen LogP contribution in [0.15, 0.2) is 35.6 Å². The number of nitrogens with zero attached hydrogens (tertiary/aromatic N) is 5. The van der Waals surface area contributed by atoms with E-state index in [9.17, 15) is 0 Å². The summed E-state index contributed by atoms with van der Waals surface area (Å²) in [5, 5.41) is 4.44. The molecule has 3 rings (SSSR count). The summed E-state index contributed by atoms with van der Waals surface area (Å²) in [5.74, 6) is 0.412. The van der Waals surface area contributed by atoms with Crippen LogP contribution in [0.5, 0.6) is 0 Å². The highest BCUT2D eigenvalue weighted by atomic mass is 15.4. The molecule has 0 radical (unpaired) electrons. The van der Waals surface area contributed by atoms with Crippen molar-refractivity contribution < 1.29 is 0 Å². The van der Waals surface area contributed by atoms with Gasteiger partial charge < -0.3 is 10.6 Å². The van der Waals surface area contributed by atoms with Crippen LogP contribution in [0, 0.1) is 6.92 Å².